The molecule has 1 aliphatic heterocycles. The van der Waals surface area contributed by atoms with Gasteiger partial charge < -0.3 is 15.7 Å². The van der Waals surface area contributed by atoms with Crippen molar-refractivity contribution in [1.82, 2.24) is 5.32 Å². The molecule has 1 saturated heterocycles. The molecule has 0 aromatic heterocycles. The third-order valence-electron chi connectivity index (χ3n) is 3.07. The molecule has 16 heavy (non-hydrogen) atoms. The van der Waals surface area contributed by atoms with E-state index < -0.39 is 0 Å². The zero-order valence-corrected chi connectivity index (χ0v) is 9.58. The van der Waals surface area contributed by atoms with Gasteiger partial charge in [-0.2, -0.15) is 0 Å². The van der Waals surface area contributed by atoms with Gasteiger partial charge in [0.15, 0.2) is 0 Å². The van der Waals surface area contributed by atoms with Gasteiger partial charge in [0.05, 0.1) is 6.61 Å². The van der Waals surface area contributed by atoms with Gasteiger partial charge in [0.25, 0.3) is 0 Å². The Morgan fingerprint density at radius 1 is 1.38 bits per heavy atom. The summed E-state index contributed by atoms with van der Waals surface area (Å²) in [5.74, 6) is 0. The predicted molar refractivity (Wildman–Crippen MR) is 66.5 cm³/mol. The Bertz CT molecular complexity index is 321. The minimum atomic E-state index is 0.108. The van der Waals surface area contributed by atoms with E-state index in [9.17, 15) is 0 Å². The number of hydrogen-bond acceptors (Lipinski definition) is 3. The van der Waals surface area contributed by atoms with Crippen LogP contribution in [-0.4, -0.2) is 24.2 Å². The molecule has 0 spiro atoms. The van der Waals surface area contributed by atoms with Gasteiger partial charge in [-0.1, -0.05) is 18.6 Å². The maximum atomic E-state index is 9.04. The van der Waals surface area contributed by atoms with Gasteiger partial charge in [-0.05, 0) is 37.1 Å². The van der Waals surface area contributed by atoms with Crippen LogP contribution in [0.2, 0.25) is 0 Å². The summed E-state index contributed by atoms with van der Waals surface area (Å²) >= 11 is 0. The van der Waals surface area contributed by atoms with Crippen LogP contribution < -0.4 is 10.6 Å². The van der Waals surface area contributed by atoms with E-state index in [1.54, 1.807) is 0 Å². The number of anilines is 1. The van der Waals surface area contributed by atoms with Crippen LogP contribution in [0, 0.1) is 0 Å². The zero-order valence-electron chi connectivity index (χ0n) is 9.58. The molecule has 0 radical (unpaired) electrons. The van der Waals surface area contributed by atoms with Crippen LogP contribution in [0.1, 0.15) is 24.8 Å². The molecule has 0 bridgehead atoms. The van der Waals surface area contributed by atoms with Gasteiger partial charge in [0.1, 0.15) is 0 Å². The van der Waals surface area contributed by atoms with E-state index >= 15 is 0 Å². The van der Waals surface area contributed by atoms with Crippen molar-refractivity contribution in [2.75, 3.05) is 18.4 Å². The van der Waals surface area contributed by atoms with Crippen LogP contribution in [0.4, 0.5) is 5.69 Å². The van der Waals surface area contributed by atoms with Crippen LogP contribution >= 0.6 is 0 Å². The average Bonchev–Trinajstić information content (AvgIpc) is 2.38. The number of aliphatic hydroxyl groups excluding tert-OH is 1. The fraction of sp³-hybridized carbons (Fsp3) is 0.538. The number of aliphatic hydroxyl groups is 1. The molecule has 3 heteroatoms. The minimum Gasteiger partial charge on any atom is -0.392 e. The summed E-state index contributed by atoms with van der Waals surface area (Å²) < 4.78 is 0. The first kappa shape index (κ1) is 11.4. The highest BCUT2D eigenvalue weighted by molar-refractivity contribution is 5.45. The molecule has 3 nitrogen and oxygen atoms in total. The van der Waals surface area contributed by atoms with Crippen molar-refractivity contribution in [3.8, 4) is 0 Å². The summed E-state index contributed by atoms with van der Waals surface area (Å²) in [7, 11) is 0. The molecular weight excluding hydrogens is 200 g/mol. The molecule has 1 aromatic carbocycles. The lowest BCUT2D eigenvalue weighted by atomic mass is 10.1. The molecule has 1 unspecified atom stereocenters. The summed E-state index contributed by atoms with van der Waals surface area (Å²) in [5.41, 5.74) is 2.06. The van der Waals surface area contributed by atoms with Crippen LogP contribution in [-0.2, 0) is 6.61 Å². The first-order chi connectivity index (χ1) is 7.88. The summed E-state index contributed by atoms with van der Waals surface area (Å²) in [6, 6.07) is 8.54. The molecule has 2 rings (SSSR count). The lowest BCUT2D eigenvalue weighted by Crippen LogP contribution is -2.39. The molecule has 0 amide bonds. The normalized spacial score (nSPS) is 20.7. The van der Waals surface area contributed by atoms with Gasteiger partial charge in [0.2, 0.25) is 0 Å². The van der Waals surface area contributed by atoms with E-state index in [-0.39, 0.29) is 6.61 Å². The number of nitrogens with one attached hydrogen (secondary N) is 2. The summed E-state index contributed by atoms with van der Waals surface area (Å²) in [6.07, 6.45) is 3.89. The Labute approximate surface area is 96.9 Å². The highest BCUT2D eigenvalue weighted by Gasteiger charge is 2.11. The average molecular weight is 220 g/mol. The fourth-order valence-corrected chi connectivity index (χ4v) is 2.12. The summed E-state index contributed by atoms with van der Waals surface area (Å²) in [5, 5.41) is 16.0. The number of rotatable bonds is 4. The molecule has 3 N–H and O–H groups in total. The molecule has 1 fully saturated rings. The predicted octanol–water partition coefficient (Wildman–Crippen LogP) is 1.73. The molecule has 0 aliphatic carbocycles. The van der Waals surface area contributed by atoms with E-state index in [0.29, 0.717) is 6.04 Å². The lowest BCUT2D eigenvalue weighted by molar-refractivity contribution is 0.282. The highest BCUT2D eigenvalue weighted by Crippen LogP contribution is 2.12. The van der Waals surface area contributed by atoms with Crippen molar-refractivity contribution < 1.29 is 5.11 Å². The third kappa shape index (κ3) is 3.22. The van der Waals surface area contributed by atoms with E-state index in [4.69, 9.17) is 5.11 Å². The Balaban J connectivity index is 1.83. The molecule has 1 atom stereocenters. The number of hydrogen-bond donors (Lipinski definition) is 3. The second kappa shape index (κ2) is 5.87. The fourth-order valence-electron chi connectivity index (χ4n) is 2.12. The van der Waals surface area contributed by atoms with E-state index in [2.05, 4.69) is 10.6 Å². The van der Waals surface area contributed by atoms with Crippen molar-refractivity contribution in [3.63, 3.8) is 0 Å². The van der Waals surface area contributed by atoms with Crippen molar-refractivity contribution in [3.05, 3.63) is 29.8 Å². The molecule has 1 heterocycles. The molecule has 88 valence electrons. The molecule has 1 aromatic rings. The molecular formula is C13H20N2O. The lowest BCUT2D eigenvalue weighted by Gasteiger charge is -2.24. The van der Waals surface area contributed by atoms with Crippen LogP contribution in [0.5, 0.6) is 0 Å². The Morgan fingerprint density at radius 3 is 3.06 bits per heavy atom. The van der Waals surface area contributed by atoms with Gasteiger partial charge in [-0.25, -0.2) is 0 Å². The van der Waals surface area contributed by atoms with Crippen molar-refractivity contribution in [2.24, 2.45) is 0 Å². The first-order valence-corrected chi connectivity index (χ1v) is 6.05. The molecule has 0 saturated carbocycles. The smallest absolute Gasteiger partial charge is 0.0682 e. The van der Waals surface area contributed by atoms with E-state index in [1.165, 1.54) is 19.3 Å². The van der Waals surface area contributed by atoms with E-state index in [0.717, 1.165) is 24.3 Å². The number of benzene rings is 1. The van der Waals surface area contributed by atoms with Crippen LogP contribution in [0.3, 0.4) is 0 Å². The van der Waals surface area contributed by atoms with Crippen molar-refractivity contribution >= 4 is 5.69 Å². The summed E-state index contributed by atoms with van der Waals surface area (Å²) in [6.45, 7) is 2.22. The maximum absolute atomic E-state index is 9.04. The monoisotopic (exact) mass is 220 g/mol. The number of piperidine rings is 1. The minimum absolute atomic E-state index is 0.108. The van der Waals surface area contributed by atoms with Gasteiger partial charge in [-0.3, -0.25) is 0 Å². The van der Waals surface area contributed by atoms with Gasteiger partial charge in [0, 0.05) is 18.3 Å². The third-order valence-corrected chi connectivity index (χ3v) is 3.07. The second-order valence-corrected chi connectivity index (χ2v) is 4.39. The van der Waals surface area contributed by atoms with Gasteiger partial charge >= 0.3 is 0 Å². The second-order valence-electron chi connectivity index (χ2n) is 4.39. The highest BCUT2D eigenvalue weighted by atomic mass is 16.3. The van der Waals surface area contributed by atoms with Gasteiger partial charge in [-0.15, -0.1) is 0 Å². The zero-order chi connectivity index (χ0) is 11.2. The van der Waals surface area contributed by atoms with Crippen LogP contribution in [0.25, 0.3) is 0 Å². The largest absolute Gasteiger partial charge is 0.392 e. The Morgan fingerprint density at radius 2 is 2.31 bits per heavy atom. The van der Waals surface area contributed by atoms with Crippen molar-refractivity contribution in [1.29, 1.82) is 0 Å². The summed E-state index contributed by atoms with van der Waals surface area (Å²) in [4.78, 5) is 0. The SMILES string of the molecule is OCc1cccc(NCC2CCCCN2)c1. The van der Waals surface area contributed by atoms with E-state index in [1.807, 2.05) is 24.3 Å². The van der Waals surface area contributed by atoms with Crippen LogP contribution in [0.15, 0.2) is 24.3 Å². The topological polar surface area (TPSA) is 44.3 Å². The Kier molecular flexibility index (Phi) is 4.19. The first-order valence-electron chi connectivity index (χ1n) is 6.05. The van der Waals surface area contributed by atoms with Crippen molar-refractivity contribution in [2.45, 2.75) is 31.9 Å². The standard InChI is InChI=1S/C13H20N2O/c16-10-11-4-3-6-12(8-11)15-9-13-5-1-2-7-14-13/h3-4,6,8,13-16H,1-2,5,7,9-10H2. The molecule has 1 aliphatic rings. The quantitative estimate of drug-likeness (QED) is 0.724. The Hall–Kier alpha value is -1.06. The maximum Gasteiger partial charge on any atom is 0.0682 e.